The fourth-order valence-corrected chi connectivity index (χ4v) is 4.95. The molecule has 1 aliphatic rings. The average molecular weight is 540 g/mol. The molecule has 9 heteroatoms. The molecule has 2 aromatic rings. The van der Waals surface area contributed by atoms with Gasteiger partial charge in [-0.2, -0.15) is 0 Å². The lowest BCUT2D eigenvalue weighted by Crippen LogP contribution is -2.61. The Bertz CT molecular complexity index is 1090. The normalized spacial score (nSPS) is 18.4. The predicted octanol–water partition coefficient (Wildman–Crippen LogP) is 6.65. The van der Waals surface area contributed by atoms with E-state index in [1.54, 1.807) is 57.2 Å². The predicted molar refractivity (Wildman–Crippen MR) is 129 cm³/mol. The van der Waals surface area contributed by atoms with Crippen LogP contribution >= 0.6 is 27.5 Å². The van der Waals surface area contributed by atoms with Crippen molar-refractivity contribution in [2.75, 3.05) is 4.90 Å². The fraction of sp³-hybridized carbons (Fsp3) is 0.333. The summed E-state index contributed by atoms with van der Waals surface area (Å²) in [5.41, 5.74) is -0.781. The van der Waals surface area contributed by atoms with Gasteiger partial charge in [0, 0.05) is 10.9 Å². The zero-order valence-corrected chi connectivity index (χ0v) is 20.8. The Hall–Kier alpha value is -2.58. The lowest BCUT2D eigenvalue weighted by Gasteiger charge is -2.43. The van der Waals surface area contributed by atoms with Gasteiger partial charge in [0.1, 0.15) is 17.0 Å². The number of ether oxygens (including phenoxy) is 1. The van der Waals surface area contributed by atoms with Crippen molar-refractivity contribution in [2.45, 2.75) is 50.8 Å². The van der Waals surface area contributed by atoms with Crippen molar-refractivity contribution in [1.82, 2.24) is 5.32 Å². The van der Waals surface area contributed by atoms with Crippen LogP contribution < -0.4 is 10.2 Å². The quantitative estimate of drug-likeness (QED) is 0.329. The number of amides is 2. The number of alkyl carbamates (subject to hydrolysis) is 1. The van der Waals surface area contributed by atoms with E-state index in [0.29, 0.717) is 11.1 Å². The number of rotatable bonds is 5. The molecule has 0 fully saturated rings. The van der Waals surface area contributed by atoms with Gasteiger partial charge < -0.3 is 15.2 Å². The van der Waals surface area contributed by atoms with Crippen molar-refractivity contribution in [2.24, 2.45) is 0 Å². The van der Waals surface area contributed by atoms with E-state index in [9.17, 15) is 19.1 Å². The minimum atomic E-state index is -1.32. The Morgan fingerprint density at radius 3 is 2.58 bits per heavy atom. The highest BCUT2D eigenvalue weighted by Crippen LogP contribution is 2.52. The molecule has 33 heavy (non-hydrogen) atoms. The second-order valence-electron chi connectivity index (χ2n) is 8.79. The van der Waals surface area contributed by atoms with E-state index < -0.39 is 35.2 Å². The first-order chi connectivity index (χ1) is 15.4. The third kappa shape index (κ3) is 4.73. The van der Waals surface area contributed by atoms with Gasteiger partial charge in [-0.15, -0.1) is 6.58 Å². The third-order valence-corrected chi connectivity index (χ3v) is 6.93. The van der Waals surface area contributed by atoms with Crippen LogP contribution in [0.4, 0.5) is 19.7 Å². The van der Waals surface area contributed by atoms with E-state index in [2.05, 4.69) is 27.8 Å². The van der Waals surface area contributed by atoms with Gasteiger partial charge >= 0.3 is 12.2 Å². The van der Waals surface area contributed by atoms with E-state index in [1.807, 2.05) is 0 Å². The van der Waals surface area contributed by atoms with Crippen molar-refractivity contribution in [1.29, 1.82) is 0 Å². The summed E-state index contributed by atoms with van der Waals surface area (Å²) in [4.78, 5) is 26.5. The third-order valence-electron chi connectivity index (χ3n) is 5.46. The number of nitrogens with one attached hydrogen (secondary N) is 1. The van der Waals surface area contributed by atoms with Crippen LogP contribution in [0.1, 0.15) is 38.3 Å². The van der Waals surface area contributed by atoms with Crippen LogP contribution in [0.25, 0.3) is 0 Å². The zero-order valence-electron chi connectivity index (χ0n) is 18.5. The van der Waals surface area contributed by atoms with Crippen LogP contribution in [0.2, 0.25) is 5.02 Å². The number of benzene rings is 2. The van der Waals surface area contributed by atoms with Crippen molar-refractivity contribution in [3.8, 4) is 0 Å². The molecule has 0 aromatic heterocycles. The molecule has 0 bridgehead atoms. The second kappa shape index (κ2) is 9.35. The van der Waals surface area contributed by atoms with Gasteiger partial charge in [-0.25, -0.2) is 14.0 Å². The lowest BCUT2D eigenvalue weighted by atomic mass is 9.78. The van der Waals surface area contributed by atoms with Gasteiger partial charge in [-0.1, -0.05) is 48.0 Å². The summed E-state index contributed by atoms with van der Waals surface area (Å²) >= 11 is 9.47. The Labute approximate surface area is 205 Å². The Morgan fingerprint density at radius 2 is 2.03 bits per heavy atom. The maximum Gasteiger partial charge on any atom is 0.412 e. The maximum atomic E-state index is 14.6. The van der Waals surface area contributed by atoms with E-state index in [0.717, 1.165) is 11.0 Å². The van der Waals surface area contributed by atoms with Gasteiger partial charge in [-0.05, 0) is 60.3 Å². The molecule has 2 N–H and O–H groups in total. The summed E-state index contributed by atoms with van der Waals surface area (Å²) in [6.45, 7) is 9.00. The smallest absolute Gasteiger partial charge is 0.412 e. The van der Waals surface area contributed by atoms with Crippen molar-refractivity contribution < 1.29 is 23.8 Å². The highest BCUT2D eigenvalue weighted by Gasteiger charge is 2.55. The molecule has 0 unspecified atom stereocenters. The second-order valence-corrected chi connectivity index (χ2v) is 9.96. The Balaban J connectivity index is 2.26. The molecular formula is C24H25BrClFN2O4. The van der Waals surface area contributed by atoms with Crippen molar-refractivity contribution in [3.05, 3.63) is 75.5 Å². The molecule has 0 radical (unpaired) electrons. The van der Waals surface area contributed by atoms with Gasteiger partial charge in [0.05, 0.1) is 16.8 Å². The SMILES string of the molecule is C=CC[C@H](NC(=O)OC(C)(C)C)[C@@]1(c2ccccc2)Cc2c(cc(F)c(Cl)c2Br)N1C(=O)O. The van der Waals surface area contributed by atoms with Gasteiger partial charge in [0.25, 0.3) is 0 Å². The number of hydrogen-bond acceptors (Lipinski definition) is 3. The number of nitrogens with zero attached hydrogens (tertiary/aromatic N) is 1. The molecule has 176 valence electrons. The van der Waals surface area contributed by atoms with Crippen molar-refractivity contribution >= 4 is 45.4 Å². The van der Waals surface area contributed by atoms with Crippen LogP contribution in [-0.4, -0.2) is 28.9 Å². The van der Waals surface area contributed by atoms with Crippen molar-refractivity contribution in [3.63, 3.8) is 0 Å². The molecule has 6 nitrogen and oxygen atoms in total. The number of carbonyl (C=O) groups is 2. The maximum absolute atomic E-state index is 14.6. The number of carbonyl (C=O) groups excluding carboxylic acids is 1. The first kappa shape index (κ1) is 25.1. The van der Waals surface area contributed by atoms with Crippen LogP contribution in [0, 0.1) is 5.82 Å². The molecular weight excluding hydrogens is 515 g/mol. The minimum absolute atomic E-state index is 0.132. The molecule has 2 amide bonds. The number of anilines is 1. The van der Waals surface area contributed by atoms with E-state index in [4.69, 9.17) is 16.3 Å². The number of hydrogen-bond donors (Lipinski definition) is 2. The zero-order chi connectivity index (χ0) is 24.6. The summed E-state index contributed by atoms with van der Waals surface area (Å²) in [6.07, 6.45) is -0.0495. The topological polar surface area (TPSA) is 78.9 Å². The molecule has 1 aliphatic heterocycles. The highest BCUT2D eigenvalue weighted by molar-refractivity contribution is 9.10. The van der Waals surface area contributed by atoms with E-state index >= 15 is 0 Å². The van der Waals surface area contributed by atoms with Crippen LogP contribution in [0.3, 0.4) is 0 Å². The molecule has 2 aromatic carbocycles. The summed E-state index contributed by atoms with van der Waals surface area (Å²) in [7, 11) is 0. The molecule has 3 rings (SSSR count). The summed E-state index contributed by atoms with van der Waals surface area (Å²) in [6, 6.07) is 9.24. The van der Waals surface area contributed by atoms with Gasteiger partial charge in [0.2, 0.25) is 0 Å². The average Bonchev–Trinajstić information content (AvgIpc) is 3.07. The first-order valence-corrected chi connectivity index (χ1v) is 11.4. The van der Waals surface area contributed by atoms with Gasteiger partial charge in [-0.3, -0.25) is 4.90 Å². The number of halogens is 3. The molecule has 1 heterocycles. The summed E-state index contributed by atoms with van der Waals surface area (Å²) in [5.74, 6) is -0.752. The highest BCUT2D eigenvalue weighted by atomic mass is 79.9. The minimum Gasteiger partial charge on any atom is -0.465 e. The van der Waals surface area contributed by atoms with Gasteiger partial charge in [0.15, 0.2) is 0 Å². The molecule has 0 saturated carbocycles. The number of carboxylic acid groups (broad SMARTS) is 1. The van der Waals surface area contributed by atoms with Crippen LogP contribution in [-0.2, 0) is 16.7 Å². The monoisotopic (exact) mass is 538 g/mol. The first-order valence-electron chi connectivity index (χ1n) is 10.3. The molecule has 0 spiro atoms. The standard InChI is InChI=1S/C24H25BrClFN2O4/c1-5-9-18(28-21(30)33-23(2,3)4)24(14-10-7-6-8-11-14)13-15-17(29(24)22(31)32)12-16(27)20(26)19(15)25/h5-8,10-12,18H,1,9,13H2,2-4H3,(H,28,30)(H,31,32)/t18-,24-/m0/s1. The Kier molecular flexibility index (Phi) is 7.10. The van der Waals surface area contributed by atoms with Crippen LogP contribution in [0.15, 0.2) is 53.5 Å². The van der Waals surface area contributed by atoms with E-state index in [-0.39, 0.29) is 28.0 Å². The van der Waals surface area contributed by atoms with Crippen LogP contribution in [0.5, 0.6) is 0 Å². The molecule has 0 saturated heterocycles. The molecule has 2 atom stereocenters. The number of fused-ring (bicyclic) bond motifs is 1. The molecule has 0 aliphatic carbocycles. The Morgan fingerprint density at radius 1 is 1.39 bits per heavy atom. The summed E-state index contributed by atoms with van der Waals surface area (Å²) in [5, 5.41) is 13.0. The summed E-state index contributed by atoms with van der Waals surface area (Å²) < 4.78 is 20.3. The fourth-order valence-electron chi connectivity index (χ4n) is 4.25. The lowest BCUT2D eigenvalue weighted by molar-refractivity contribution is 0.0474. The van der Waals surface area contributed by atoms with E-state index in [1.165, 1.54) is 0 Å². The largest absolute Gasteiger partial charge is 0.465 e.